The quantitative estimate of drug-likeness (QED) is 0.831. The molecule has 5 nitrogen and oxygen atoms in total. The van der Waals surface area contributed by atoms with E-state index in [-0.39, 0.29) is 5.75 Å². The number of thioether (sulfide) groups is 1. The summed E-state index contributed by atoms with van der Waals surface area (Å²) in [5.41, 5.74) is 2.05. The molecule has 0 aliphatic heterocycles. The first-order valence-electron chi connectivity index (χ1n) is 6.82. The number of carbonyl (C=O) groups is 1. The molecule has 2 rings (SSSR count). The van der Waals surface area contributed by atoms with Gasteiger partial charge in [0, 0.05) is 6.20 Å². The molecule has 0 bridgehead atoms. The summed E-state index contributed by atoms with van der Waals surface area (Å²) in [4.78, 5) is 15.1. The zero-order valence-electron chi connectivity index (χ0n) is 12.4. The third-order valence-corrected chi connectivity index (χ3v) is 3.78. The van der Waals surface area contributed by atoms with Gasteiger partial charge in [-0.15, -0.1) is 0 Å². The van der Waals surface area contributed by atoms with E-state index in [4.69, 9.17) is 5.11 Å². The number of carboxylic acids is 1. The number of aromatic nitrogens is 3. The lowest BCUT2D eigenvalue weighted by Crippen LogP contribution is -2.04. The maximum absolute atomic E-state index is 10.8. The Balaban J connectivity index is 2.36. The minimum atomic E-state index is -0.838. The Labute approximate surface area is 128 Å². The van der Waals surface area contributed by atoms with Gasteiger partial charge < -0.3 is 5.11 Å². The van der Waals surface area contributed by atoms with Crippen molar-refractivity contribution in [2.75, 3.05) is 5.75 Å². The molecule has 0 saturated heterocycles. The van der Waals surface area contributed by atoms with Crippen molar-refractivity contribution in [1.82, 2.24) is 14.8 Å². The van der Waals surface area contributed by atoms with E-state index in [1.54, 1.807) is 10.9 Å². The topological polar surface area (TPSA) is 68.0 Å². The Morgan fingerprint density at radius 3 is 2.81 bits per heavy atom. The monoisotopic (exact) mass is 305 g/mol. The van der Waals surface area contributed by atoms with Crippen LogP contribution in [-0.4, -0.2) is 31.6 Å². The van der Waals surface area contributed by atoms with Gasteiger partial charge in [-0.05, 0) is 43.0 Å². The van der Waals surface area contributed by atoms with Crippen molar-refractivity contribution >= 4 is 17.7 Å². The normalized spacial score (nSPS) is 11.0. The van der Waals surface area contributed by atoms with Gasteiger partial charge in [-0.3, -0.25) is 4.79 Å². The maximum Gasteiger partial charge on any atom is 0.313 e. The second kappa shape index (κ2) is 6.76. The number of aliphatic carboxylic acids is 1. The van der Waals surface area contributed by atoms with Gasteiger partial charge in [0.15, 0.2) is 5.82 Å². The third-order valence-electron chi connectivity index (χ3n) is 2.81. The summed E-state index contributed by atoms with van der Waals surface area (Å²) < 4.78 is 1.73. The summed E-state index contributed by atoms with van der Waals surface area (Å²) >= 11 is 1.26. The Morgan fingerprint density at radius 2 is 2.19 bits per heavy atom. The maximum atomic E-state index is 10.8. The molecule has 0 aliphatic carbocycles. The van der Waals surface area contributed by atoms with E-state index in [9.17, 15) is 4.79 Å². The van der Waals surface area contributed by atoms with Crippen LogP contribution in [0, 0.1) is 12.8 Å². The van der Waals surface area contributed by atoms with Crippen molar-refractivity contribution in [3.05, 3.63) is 35.7 Å². The molecule has 0 aliphatic rings. The highest BCUT2D eigenvalue weighted by Crippen LogP contribution is 2.23. The Hall–Kier alpha value is -1.82. The summed E-state index contributed by atoms with van der Waals surface area (Å²) in [6.45, 7) is 6.26. The number of hydrogen-bond acceptors (Lipinski definition) is 4. The van der Waals surface area contributed by atoms with E-state index in [1.165, 1.54) is 11.8 Å². The van der Waals surface area contributed by atoms with Crippen LogP contribution >= 0.6 is 11.8 Å². The highest BCUT2D eigenvalue weighted by molar-refractivity contribution is 7.99. The second-order valence-corrected chi connectivity index (χ2v) is 6.35. The van der Waals surface area contributed by atoms with E-state index >= 15 is 0 Å². The SMILES string of the molecule is Cc1ccnc(-n2nc(CC(C)C)cc2SCC(=O)O)c1. The summed E-state index contributed by atoms with van der Waals surface area (Å²) in [6, 6.07) is 5.82. The predicted octanol–water partition coefficient (Wildman–Crippen LogP) is 2.95. The number of nitrogens with zero attached hydrogens (tertiary/aromatic N) is 3. The fraction of sp³-hybridized carbons (Fsp3) is 0.400. The molecular weight excluding hydrogens is 286 g/mol. The molecule has 0 saturated carbocycles. The van der Waals surface area contributed by atoms with Gasteiger partial charge >= 0.3 is 5.97 Å². The zero-order chi connectivity index (χ0) is 15.4. The van der Waals surface area contributed by atoms with Crippen molar-refractivity contribution in [3.63, 3.8) is 0 Å². The van der Waals surface area contributed by atoms with Crippen LogP contribution in [0.15, 0.2) is 29.4 Å². The molecule has 2 aromatic heterocycles. The smallest absolute Gasteiger partial charge is 0.313 e. The minimum Gasteiger partial charge on any atom is -0.481 e. The summed E-state index contributed by atoms with van der Waals surface area (Å²) in [7, 11) is 0. The van der Waals surface area contributed by atoms with E-state index < -0.39 is 5.97 Å². The molecule has 0 radical (unpaired) electrons. The molecule has 0 atom stereocenters. The van der Waals surface area contributed by atoms with Crippen LogP contribution in [0.3, 0.4) is 0 Å². The lowest BCUT2D eigenvalue weighted by Gasteiger charge is -2.05. The van der Waals surface area contributed by atoms with Crippen molar-refractivity contribution < 1.29 is 9.90 Å². The molecule has 1 N–H and O–H groups in total. The van der Waals surface area contributed by atoms with Crippen LogP contribution in [-0.2, 0) is 11.2 Å². The Bertz CT molecular complexity index is 638. The van der Waals surface area contributed by atoms with Gasteiger partial charge in [-0.25, -0.2) is 9.67 Å². The molecule has 0 spiro atoms. The second-order valence-electron chi connectivity index (χ2n) is 5.36. The average molecular weight is 305 g/mol. The number of aryl methyl sites for hydroxylation is 1. The van der Waals surface area contributed by atoms with Gasteiger partial charge in [0.25, 0.3) is 0 Å². The van der Waals surface area contributed by atoms with Crippen LogP contribution in [0.25, 0.3) is 5.82 Å². The summed E-state index contributed by atoms with van der Waals surface area (Å²) in [5, 5.41) is 14.3. The molecule has 0 amide bonds. The average Bonchev–Trinajstić information content (AvgIpc) is 2.78. The van der Waals surface area contributed by atoms with Crippen LogP contribution in [0.1, 0.15) is 25.1 Å². The van der Waals surface area contributed by atoms with E-state index in [0.717, 1.165) is 28.5 Å². The molecule has 6 heteroatoms. The first-order valence-corrected chi connectivity index (χ1v) is 7.81. The first-order chi connectivity index (χ1) is 9.95. The number of rotatable bonds is 6. The number of carboxylic acid groups (broad SMARTS) is 1. The van der Waals surface area contributed by atoms with Crippen LogP contribution < -0.4 is 0 Å². The highest BCUT2D eigenvalue weighted by Gasteiger charge is 2.13. The highest BCUT2D eigenvalue weighted by atomic mass is 32.2. The van der Waals surface area contributed by atoms with E-state index in [0.29, 0.717) is 5.92 Å². The fourth-order valence-corrected chi connectivity index (χ4v) is 2.71. The van der Waals surface area contributed by atoms with Crippen molar-refractivity contribution in [1.29, 1.82) is 0 Å². The molecule has 21 heavy (non-hydrogen) atoms. The Morgan fingerprint density at radius 1 is 1.43 bits per heavy atom. The molecular formula is C15H19N3O2S. The van der Waals surface area contributed by atoms with Crippen molar-refractivity contribution in [3.8, 4) is 5.82 Å². The van der Waals surface area contributed by atoms with Gasteiger partial charge in [-0.2, -0.15) is 5.10 Å². The lowest BCUT2D eigenvalue weighted by atomic mass is 10.1. The van der Waals surface area contributed by atoms with Gasteiger partial charge in [-0.1, -0.05) is 25.6 Å². The van der Waals surface area contributed by atoms with Crippen molar-refractivity contribution in [2.24, 2.45) is 5.92 Å². The predicted molar refractivity (Wildman–Crippen MR) is 83.0 cm³/mol. The van der Waals surface area contributed by atoms with Gasteiger partial charge in [0.2, 0.25) is 0 Å². The largest absolute Gasteiger partial charge is 0.481 e. The number of hydrogen-bond donors (Lipinski definition) is 1. The number of pyridine rings is 1. The molecule has 0 fully saturated rings. The standard InChI is InChI=1S/C15H19N3O2S/c1-10(2)6-12-8-14(21-9-15(19)20)18(17-12)13-7-11(3)4-5-16-13/h4-5,7-8,10H,6,9H2,1-3H3,(H,19,20). The Kier molecular flexibility index (Phi) is 5.01. The van der Waals surface area contributed by atoms with Crippen LogP contribution in [0.4, 0.5) is 0 Å². The van der Waals surface area contributed by atoms with Crippen LogP contribution in [0.5, 0.6) is 0 Å². The summed E-state index contributed by atoms with van der Waals surface area (Å²) in [5.74, 6) is 0.392. The van der Waals surface area contributed by atoms with Crippen LogP contribution in [0.2, 0.25) is 0 Å². The molecule has 2 aromatic rings. The third kappa shape index (κ3) is 4.32. The molecule has 0 unspecified atom stereocenters. The summed E-state index contributed by atoms with van der Waals surface area (Å²) in [6.07, 6.45) is 2.60. The van der Waals surface area contributed by atoms with E-state index in [1.807, 2.05) is 25.1 Å². The zero-order valence-corrected chi connectivity index (χ0v) is 13.2. The van der Waals surface area contributed by atoms with Crippen molar-refractivity contribution in [2.45, 2.75) is 32.2 Å². The lowest BCUT2D eigenvalue weighted by molar-refractivity contribution is -0.133. The van der Waals surface area contributed by atoms with E-state index in [2.05, 4.69) is 23.9 Å². The molecule has 112 valence electrons. The van der Waals surface area contributed by atoms with Gasteiger partial charge in [0.1, 0.15) is 5.03 Å². The fourth-order valence-electron chi connectivity index (χ4n) is 1.97. The first kappa shape index (κ1) is 15.6. The molecule has 2 heterocycles. The minimum absolute atomic E-state index is 0.0125. The van der Waals surface area contributed by atoms with Gasteiger partial charge in [0.05, 0.1) is 11.4 Å². The molecule has 0 aromatic carbocycles.